The number of benzene rings is 7. The van der Waals surface area contributed by atoms with E-state index in [2.05, 4.69) is 183 Å². The lowest BCUT2D eigenvalue weighted by Gasteiger charge is -2.38. The van der Waals surface area contributed by atoms with Gasteiger partial charge in [0.15, 0.2) is 0 Å². The Labute approximate surface area is 293 Å². The Morgan fingerprint density at radius 1 is 0.540 bits per heavy atom. The van der Waals surface area contributed by atoms with Gasteiger partial charge < -0.3 is 4.74 Å². The highest BCUT2D eigenvalue weighted by Gasteiger charge is 2.48. The summed E-state index contributed by atoms with van der Waals surface area (Å²) >= 11 is 0. The molecule has 2 atom stereocenters. The summed E-state index contributed by atoms with van der Waals surface area (Å²) in [4.78, 5) is 0. The highest BCUT2D eigenvalue weighted by Crippen LogP contribution is 2.60. The summed E-state index contributed by atoms with van der Waals surface area (Å²) in [6.45, 7) is 2.35. The van der Waals surface area contributed by atoms with Crippen molar-refractivity contribution < 1.29 is 4.74 Å². The van der Waals surface area contributed by atoms with Gasteiger partial charge >= 0.3 is 0 Å². The Balaban J connectivity index is 1.23. The van der Waals surface area contributed by atoms with E-state index in [-0.39, 0.29) is 5.41 Å². The molecule has 1 nitrogen and oxygen atoms in total. The van der Waals surface area contributed by atoms with Gasteiger partial charge in [0.2, 0.25) is 0 Å². The molecule has 0 radical (unpaired) electrons. The smallest absolute Gasteiger partial charge is 0.131 e. The number of allylic oxidation sites excluding steroid dienone is 4. The summed E-state index contributed by atoms with van der Waals surface area (Å²) in [5.74, 6) is 1.83. The summed E-state index contributed by atoms with van der Waals surface area (Å²) in [5.41, 5.74) is 13.4. The van der Waals surface area contributed by atoms with Crippen molar-refractivity contribution in [1.29, 1.82) is 0 Å². The maximum Gasteiger partial charge on any atom is 0.131 e. The van der Waals surface area contributed by atoms with Gasteiger partial charge in [0.25, 0.3) is 0 Å². The maximum atomic E-state index is 6.60. The Hall–Kier alpha value is -5.92. The van der Waals surface area contributed by atoms with Crippen molar-refractivity contribution in [3.8, 4) is 33.8 Å². The Morgan fingerprint density at radius 2 is 1.20 bits per heavy atom. The molecule has 2 unspecified atom stereocenters. The molecule has 0 saturated carbocycles. The molecule has 1 heterocycles. The van der Waals surface area contributed by atoms with Crippen LogP contribution in [0.4, 0.5) is 0 Å². The van der Waals surface area contributed by atoms with E-state index in [0.29, 0.717) is 0 Å². The molecule has 0 saturated heterocycles. The topological polar surface area (TPSA) is 9.23 Å². The summed E-state index contributed by atoms with van der Waals surface area (Å²) in [6.07, 6.45) is 9.02. The molecule has 0 spiro atoms. The van der Waals surface area contributed by atoms with E-state index in [1.54, 1.807) is 0 Å². The van der Waals surface area contributed by atoms with Crippen molar-refractivity contribution in [3.63, 3.8) is 0 Å². The molecule has 0 N–H and O–H groups in total. The van der Waals surface area contributed by atoms with Crippen LogP contribution in [0.3, 0.4) is 0 Å². The first kappa shape index (κ1) is 29.0. The number of hydrogen-bond acceptors (Lipinski definition) is 1. The van der Waals surface area contributed by atoms with Crippen LogP contribution < -0.4 is 4.74 Å². The van der Waals surface area contributed by atoms with Gasteiger partial charge in [-0.05, 0) is 99.3 Å². The van der Waals surface area contributed by atoms with E-state index in [4.69, 9.17) is 4.74 Å². The van der Waals surface area contributed by atoms with Gasteiger partial charge in [0, 0.05) is 16.5 Å². The first-order valence-electron chi connectivity index (χ1n) is 17.7. The minimum Gasteiger partial charge on any atom is -0.457 e. The summed E-state index contributed by atoms with van der Waals surface area (Å²) in [6, 6.07) is 58.2. The van der Waals surface area contributed by atoms with E-state index < -0.39 is 5.41 Å². The fourth-order valence-electron chi connectivity index (χ4n) is 9.23. The monoisotopic (exact) mass is 640 g/mol. The standard InChI is InChI=1S/C49H36O/c1-48(36-16-5-2-6-17-36)42-23-13-14-24-45(42)50-46-30-27-35(32-44(46)48)34-26-28-40-41-29-25-33-15-11-12-22-39(33)47(41)49(43(40)31-34,37-18-7-3-8-19-37)38-20-9-4-10-21-38/h2-9,11-20,22-32H,10,21H2,1H3. The largest absolute Gasteiger partial charge is 0.457 e. The predicted molar refractivity (Wildman–Crippen MR) is 206 cm³/mol. The lowest BCUT2D eigenvalue weighted by molar-refractivity contribution is 0.427. The fourth-order valence-corrected chi connectivity index (χ4v) is 9.23. The molecule has 2 aliphatic carbocycles. The number of hydrogen-bond donors (Lipinski definition) is 0. The predicted octanol–water partition coefficient (Wildman–Crippen LogP) is 12.6. The van der Waals surface area contributed by atoms with Gasteiger partial charge in [-0.2, -0.15) is 0 Å². The molecule has 0 bridgehead atoms. The molecule has 238 valence electrons. The third-order valence-electron chi connectivity index (χ3n) is 11.6. The van der Waals surface area contributed by atoms with Gasteiger partial charge in [0.05, 0.1) is 5.41 Å². The second-order valence-corrected chi connectivity index (χ2v) is 14.0. The Bertz CT molecular complexity index is 2520. The third-order valence-corrected chi connectivity index (χ3v) is 11.6. The maximum absolute atomic E-state index is 6.60. The van der Waals surface area contributed by atoms with Crippen molar-refractivity contribution in [1.82, 2.24) is 0 Å². The number of fused-ring (bicyclic) bond motifs is 7. The van der Waals surface area contributed by atoms with Crippen LogP contribution in [0, 0.1) is 0 Å². The number of para-hydroxylation sites is 1. The second kappa shape index (κ2) is 11.1. The highest BCUT2D eigenvalue weighted by molar-refractivity contribution is 6.00. The van der Waals surface area contributed by atoms with Crippen molar-refractivity contribution in [3.05, 3.63) is 215 Å². The van der Waals surface area contributed by atoms with E-state index >= 15 is 0 Å². The molecule has 1 aliphatic heterocycles. The lowest BCUT2D eigenvalue weighted by atomic mass is 9.64. The average molecular weight is 641 g/mol. The van der Waals surface area contributed by atoms with Crippen molar-refractivity contribution in [2.75, 3.05) is 0 Å². The van der Waals surface area contributed by atoms with Crippen molar-refractivity contribution in [2.24, 2.45) is 0 Å². The Morgan fingerprint density at radius 3 is 2.00 bits per heavy atom. The zero-order valence-electron chi connectivity index (χ0n) is 28.1. The minimum atomic E-state index is -0.414. The average Bonchev–Trinajstić information content (AvgIpc) is 3.50. The van der Waals surface area contributed by atoms with Crippen LogP contribution in [0.1, 0.15) is 53.1 Å². The normalized spacial score (nSPS) is 19.9. The van der Waals surface area contributed by atoms with Gasteiger partial charge in [0.1, 0.15) is 11.5 Å². The van der Waals surface area contributed by atoms with Crippen LogP contribution in [-0.4, -0.2) is 0 Å². The van der Waals surface area contributed by atoms with E-state index in [1.165, 1.54) is 72.0 Å². The molecule has 7 aromatic carbocycles. The zero-order valence-corrected chi connectivity index (χ0v) is 28.1. The lowest BCUT2D eigenvalue weighted by Crippen LogP contribution is -2.30. The van der Waals surface area contributed by atoms with E-state index in [9.17, 15) is 0 Å². The molecule has 0 fully saturated rings. The molecule has 1 heteroatoms. The minimum absolute atomic E-state index is 0.375. The fraction of sp³-hybridized carbons (Fsp3) is 0.102. The van der Waals surface area contributed by atoms with E-state index in [1.807, 2.05) is 0 Å². The molecule has 3 aliphatic rings. The van der Waals surface area contributed by atoms with Crippen LogP contribution in [0.25, 0.3) is 33.0 Å². The highest BCUT2D eigenvalue weighted by atomic mass is 16.5. The first-order chi connectivity index (χ1) is 24.7. The van der Waals surface area contributed by atoms with Crippen LogP contribution in [0.5, 0.6) is 11.5 Å². The Kier molecular flexibility index (Phi) is 6.42. The summed E-state index contributed by atoms with van der Waals surface area (Å²) in [7, 11) is 0. The van der Waals surface area contributed by atoms with Gasteiger partial charge in [-0.15, -0.1) is 0 Å². The van der Waals surface area contributed by atoms with Crippen LogP contribution >= 0.6 is 0 Å². The quantitative estimate of drug-likeness (QED) is 0.186. The SMILES string of the molecule is CC1(c2ccccc2)c2ccccc2Oc2ccc(-c3ccc4c(c3)C(C3=CC=CCC3)(c3ccccc3)c3c-4ccc4ccccc34)cc21. The summed E-state index contributed by atoms with van der Waals surface area (Å²) < 4.78 is 6.60. The van der Waals surface area contributed by atoms with Crippen molar-refractivity contribution in [2.45, 2.75) is 30.6 Å². The van der Waals surface area contributed by atoms with Crippen LogP contribution in [0.15, 0.2) is 182 Å². The molecule has 0 aromatic heterocycles. The molecule has 7 aromatic rings. The van der Waals surface area contributed by atoms with Crippen molar-refractivity contribution >= 4 is 10.8 Å². The zero-order chi connectivity index (χ0) is 33.3. The first-order valence-corrected chi connectivity index (χ1v) is 17.7. The van der Waals surface area contributed by atoms with E-state index in [0.717, 1.165) is 24.3 Å². The molecular weight excluding hydrogens is 605 g/mol. The van der Waals surface area contributed by atoms with Crippen LogP contribution in [-0.2, 0) is 10.8 Å². The number of rotatable bonds is 4. The molecule has 10 rings (SSSR count). The molecular formula is C49H36O. The van der Waals surface area contributed by atoms with Crippen LogP contribution in [0.2, 0.25) is 0 Å². The number of ether oxygens (including phenoxy) is 1. The van der Waals surface area contributed by atoms with Gasteiger partial charge in [-0.1, -0.05) is 157 Å². The summed E-state index contributed by atoms with van der Waals surface area (Å²) in [5, 5.41) is 2.60. The van der Waals surface area contributed by atoms with Gasteiger partial charge in [-0.3, -0.25) is 0 Å². The molecule has 50 heavy (non-hydrogen) atoms. The van der Waals surface area contributed by atoms with Gasteiger partial charge in [-0.25, -0.2) is 0 Å². The third kappa shape index (κ3) is 4.01. The molecule has 0 amide bonds. The second-order valence-electron chi connectivity index (χ2n) is 14.0.